The molecule has 0 radical (unpaired) electrons. The van der Waals surface area contributed by atoms with Crippen molar-refractivity contribution in [3.8, 4) is 0 Å². The molecule has 3 unspecified atom stereocenters. The smallest absolute Gasteiger partial charge is 0.237 e. The Morgan fingerprint density at radius 3 is 2.32 bits per heavy atom. The van der Waals surface area contributed by atoms with Crippen LogP contribution >= 0.6 is 0 Å². The Hall–Kier alpha value is -1.10. The van der Waals surface area contributed by atoms with Crippen molar-refractivity contribution in [2.24, 2.45) is 11.8 Å². The third-order valence-electron chi connectivity index (χ3n) is 5.61. The number of nitrogens with one attached hydrogen (secondary N) is 3. The van der Waals surface area contributed by atoms with Crippen molar-refractivity contribution in [1.82, 2.24) is 16.0 Å². The van der Waals surface area contributed by atoms with E-state index < -0.39 is 0 Å². The van der Waals surface area contributed by atoms with E-state index >= 15 is 0 Å². The molecular formula is C17H29N3O2. The lowest BCUT2D eigenvalue weighted by atomic mass is 9.85. The molecule has 3 rings (SSSR count). The van der Waals surface area contributed by atoms with Crippen molar-refractivity contribution in [3.63, 3.8) is 0 Å². The highest BCUT2D eigenvalue weighted by Crippen LogP contribution is 2.33. The van der Waals surface area contributed by atoms with Crippen LogP contribution in [0.15, 0.2) is 0 Å². The van der Waals surface area contributed by atoms with Crippen LogP contribution in [0.2, 0.25) is 0 Å². The fourth-order valence-corrected chi connectivity index (χ4v) is 3.97. The first kappa shape index (κ1) is 15.8. The zero-order valence-electron chi connectivity index (χ0n) is 13.4. The Morgan fingerprint density at radius 1 is 0.909 bits per heavy atom. The summed E-state index contributed by atoms with van der Waals surface area (Å²) in [6, 6.07) is 0.559. The molecule has 5 heteroatoms. The average molecular weight is 307 g/mol. The van der Waals surface area contributed by atoms with E-state index in [1.165, 1.54) is 32.1 Å². The van der Waals surface area contributed by atoms with E-state index in [1.54, 1.807) is 0 Å². The lowest BCUT2D eigenvalue weighted by Crippen LogP contribution is -2.44. The SMILES string of the molecule is O=C(NCCCNC(=O)C1CC2CCCCC2N1)C1CCC1. The van der Waals surface area contributed by atoms with E-state index in [1.807, 2.05) is 0 Å². The second kappa shape index (κ2) is 7.44. The van der Waals surface area contributed by atoms with Crippen LogP contribution in [0.3, 0.4) is 0 Å². The molecule has 3 fully saturated rings. The van der Waals surface area contributed by atoms with E-state index in [2.05, 4.69) is 16.0 Å². The van der Waals surface area contributed by atoms with Gasteiger partial charge in [0.15, 0.2) is 0 Å². The van der Waals surface area contributed by atoms with E-state index in [0.717, 1.165) is 25.7 Å². The summed E-state index contributed by atoms with van der Waals surface area (Å²) in [6.45, 7) is 1.32. The highest BCUT2D eigenvalue weighted by Gasteiger charge is 2.37. The monoisotopic (exact) mass is 307 g/mol. The normalized spacial score (nSPS) is 31.2. The van der Waals surface area contributed by atoms with Crippen molar-refractivity contribution < 1.29 is 9.59 Å². The second-order valence-corrected chi connectivity index (χ2v) is 7.17. The molecule has 0 spiro atoms. The molecule has 2 saturated carbocycles. The Morgan fingerprint density at radius 2 is 1.64 bits per heavy atom. The summed E-state index contributed by atoms with van der Waals surface area (Å²) < 4.78 is 0. The molecule has 1 heterocycles. The summed E-state index contributed by atoms with van der Waals surface area (Å²) in [4.78, 5) is 23.9. The van der Waals surface area contributed by atoms with E-state index in [0.29, 0.717) is 25.0 Å². The Kier molecular flexibility index (Phi) is 5.34. The minimum absolute atomic E-state index is 0.00216. The number of carbonyl (C=O) groups excluding carboxylic acids is 2. The minimum Gasteiger partial charge on any atom is -0.356 e. The second-order valence-electron chi connectivity index (χ2n) is 7.17. The number of hydrogen-bond donors (Lipinski definition) is 3. The summed E-state index contributed by atoms with van der Waals surface area (Å²) in [6.07, 6.45) is 10.2. The standard InChI is InChI=1S/C17H29N3O2/c21-16(12-6-3-7-12)18-9-4-10-19-17(22)15-11-13-5-1-2-8-14(13)20-15/h12-15,20H,1-11H2,(H,18,21)(H,19,22). The highest BCUT2D eigenvalue weighted by molar-refractivity contribution is 5.82. The zero-order valence-corrected chi connectivity index (χ0v) is 13.4. The molecule has 0 aromatic carbocycles. The Labute approximate surface area is 133 Å². The van der Waals surface area contributed by atoms with Gasteiger partial charge in [-0.05, 0) is 44.4 Å². The maximum Gasteiger partial charge on any atom is 0.237 e. The number of rotatable bonds is 6. The minimum atomic E-state index is -0.00216. The van der Waals surface area contributed by atoms with E-state index in [9.17, 15) is 9.59 Å². The summed E-state index contributed by atoms with van der Waals surface area (Å²) in [5, 5.41) is 9.48. The number of fused-ring (bicyclic) bond motifs is 1. The zero-order chi connectivity index (χ0) is 15.4. The summed E-state index contributed by atoms with van der Waals surface area (Å²) in [7, 11) is 0. The van der Waals surface area contributed by atoms with Gasteiger partial charge in [-0.1, -0.05) is 19.3 Å². The van der Waals surface area contributed by atoms with Crippen LogP contribution in [0.4, 0.5) is 0 Å². The first-order valence-electron chi connectivity index (χ1n) is 9.05. The van der Waals surface area contributed by atoms with Crippen LogP contribution in [0, 0.1) is 11.8 Å². The molecule has 1 saturated heterocycles. The van der Waals surface area contributed by atoms with Crippen molar-refractivity contribution in [2.75, 3.05) is 13.1 Å². The highest BCUT2D eigenvalue weighted by atomic mass is 16.2. The third-order valence-corrected chi connectivity index (χ3v) is 5.61. The Balaban J connectivity index is 1.27. The molecule has 3 atom stereocenters. The number of amides is 2. The summed E-state index contributed by atoms with van der Waals surface area (Å²) in [5.74, 6) is 1.28. The number of hydrogen-bond acceptors (Lipinski definition) is 3. The fourth-order valence-electron chi connectivity index (χ4n) is 3.97. The molecule has 3 N–H and O–H groups in total. The molecule has 3 aliphatic rings. The van der Waals surface area contributed by atoms with E-state index in [-0.39, 0.29) is 23.8 Å². The molecule has 2 aliphatic carbocycles. The molecule has 5 nitrogen and oxygen atoms in total. The number of carbonyl (C=O) groups is 2. The lowest BCUT2D eigenvalue weighted by Gasteiger charge is -2.24. The van der Waals surface area contributed by atoms with E-state index in [4.69, 9.17) is 0 Å². The molecule has 0 aromatic heterocycles. The average Bonchev–Trinajstić information content (AvgIpc) is 2.88. The van der Waals surface area contributed by atoms with Gasteiger partial charge in [-0.25, -0.2) is 0 Å². The molecular weight excluding hydrogens is 278 g/mol. The van der Waals surface area contributed by atoms with Gasteiger partial charge in [-0.2, -0.15) is 0 Å². The van der Waals surface area contributed by atoms with Gasteiger partial charge in [-0.3, -0.25) is 9.59 Å². The van der Waals surface area contributed by atoms with Gasteiger partial charge in [0.1, 0.15) is 0 Å². The summed E-state index contributed by atoms with van der Waals surface area (Å²) >= 11 is 0. The van der Waals surface area contributed by atoms with Gasteiger partial charge in [0, 0.05) is 25.0 Å². The molecule has 2 amide bonds. The largest absolute Gasteiger partial charge is 0.356 e. The molecule has 0 bridgehead atoms. The first-order valence-corrected chi connectivity index (χ1v) is 9.05. The quantitative estimate of drug-likeness (QED) is 0.648. The van der Waals surface area contributed by atoms with Gasteiger partial charge in [0.05, 0.1) is 6.04 Å². The van der Waals surface area contributed by atoms with Crippen LogP contribution in [0.1, 0.15) is 57.8 Å². The van der Waals surface area contributed by atoms with Crippen LogP contribution in [-0.4, -0.2) is 37.0 Å². The molecule has 22 heavy (non-hydrogen) atoms. The fraction of sp³-hybridized carbons (Fsp3) is 0.882. The van der Waals surface area contributed by atoms with Gasteiger partial charge < -0.3 is 16.0 Å². The van der Waals surface area contributed by atoms with Crippen molar-refractivity contribution >= 4 is 11.8 Å². The predicted octanol–water partition coefficient (Wildman–Crippen LogP) is 1.33. The Bertz CT molecular complexity index is 395. The van der Waals surface area contributed by atoms with Crippen LogP contribution < -0.4 is 16.0 Å². The van der Waals surface area contributed by atoms with Crippen LogP contribution in [-0.2, 0) is 9.59 Å². The topological polar surface area (TPSA) is 70.2 Å². The van der Waals surface area contributed by atoms with Crippen molar-refractivity contribution in [3.05, 3.63) is 0 Å². The third kappa shape index (κ3) is 3.80. The maximum atomic E-state index is 12.2. The summed E-state index contributed by atoms with van der Waals surface area (Å²) in [5.41, 5.74) is 0. The molecule has 0 aromatic rings. The molecule has 124 valence electrons. The van der Waals surface area contributed by atoms with Crippen LogP contribution in [0.25, 0.3) is 0 Å². The van der Waals surface area contributed by atoms with Gasteiger partial charge in [0.2, 0.25) is 11.8 Å². The van der Waals surface area contributed by atoms with Gasteiger partial charge >= 0.3 is 0 Å². The first-order chi connectivity index (χ1) is 10.7. The predicted molar refractivity (Wildman–Crippen MR) is 85.3 cm³/mol. The van der Waals surface area contributed by atoms with Gasteiger partial charge in [0.25, 0.3) is 0 Å². The van der Waals surface area contributed by atoms with Crippen LogP contribution in [0.5, 0.6) is 0 Å². The maximum absolute atomic E-state index is 12.2. The van der Waals surface area contributed by atoms with Crippen molar-refractivity contribution in [2.45, 2.75) is 69.9 Å². The molecule has 1 aliphatic heterocycles. The van der Waals surface area contributed by atoms with Crippen molar-refractivity contribution in [1.29, 1.82) is 0 Å². The van der Waals surface area contributed by atoms with Gasteiger partial charge in [-0.15, -0.1) is 0 Å². The lowest BCUT2D eigenvalue weighted by molar-refractivity contribution is -0.127.